The Kier molecular flexibility index (Phi) is 26.6. The number of unbranched alkanes of at least 4 members (excludes halogenated alkanes) is 8. The van der Waals surface area contributed by atoms with Crippen LogP contribution in [0.25, 0.3) is 0 Å². The molecule has 0 aliphatic rings. The molecule has 18 heavy (non-hydrogen) atoms. The van der Waals surface area contributed by atoms with Crippen molar-refractivity contribution in [1.82, 2.24) is 0 Å². The minimum Gasteiger partial charge on any atom is -0.478 e. The fourth-order valence-corrected chi connectivity index (χ4v) is 1.53. The van der Waals surface area contributed by atoms with Crippen LogP contribution in [0.2, 0.25) is 0 Å². The van der Waals surface area contributed by atoms with Crippen LogP contribution in [0.3, 0.4) is 0 Å². The van der Waals surface area contributed by atoms with E-state index in [4.69, 9.17) is 5.11 Å². The average molecular weight is 260 g/mol. The molecule has 0 spiro atoms. The van der Waals surface area contributed by atoms with Gasteiger partial charge in [0.15, 0.2) is 0 Å². The van der Waals surface area contributed by atoms with Crippen LogP contribution in [0.4, 0.5) is 0 Å². The summed E-state index contributed by atoms with van der Waals surface area (Å²) in [4.78, 5) is 9.51. The molecule has 110 valence electrons. The predicted octanol–water partition coefficient (Wildman–Crippen LogP) is 4.36. The van der Waals surface area contributed by atoms with Crippen LogP contribution in [0.5, 0.6) is 0 Å². The van der Waals surface area contributed by atoms with Crippen molar-refractivity contribution in [2.75, 3.05) is 0 Å². The number of rotatable bonds is 9. The number of hydrogen-bond acceptors (Lipinski definition) is 1. The van der Waals surface area contributed by atoms with E-state index in [9.17, 15) is 4.79 Å². The topological polar surface area (TPSA) is 68.8 Å². The first kappa shape index (κ1) is 22.4. The quantitative estimate of drug-likeness (QED) is 0.494. The van der Waals surface area contributed by atoms with E-state index in [1.807, 2.05) is 0 Å². The second-order valence-corrected chi connectivity index (χ2v) is 4.31. The molecule has 0 heterocycles. The Labute approximate surface area is 113 Å². The minimum absolute atomic E-state index is 0. The van der Waals surface area contributed by atoms with Crippen LogP contribution in [-0.4, -0.2) is 16.6 Å². The van der Waals surface area contributed by atoms with Gasteiger partial charge in [0.1, 0.15) is 0 Å². The van der Waals surface area contributed by atoms with Crippen LogP contribution in [0.15, 0.2) is 12.2 Å². The van der Waals surface area contributed by atoms with Gasteiger partial charge in [-0.3, -0.25) is 0 Å². The summed E-state index contributed by atoms with van der Waals surface area (Å²) in [6.45, 7) is 6.21. The van der Waals surface area contributed by atoms with Gasteiger partial charge >= 0.3 is 5.97 Å². The molecule has 0 aliphatic heterocycles. The first-order valence-electron chi connectivity index (χ1n) is 7.04. The second-order valence-electron chi connectivity index (χ2n) is 4.31. The summed E-state index contributed by atoms with van der Waals surface area (Å²) in [5.41, 5.74) is 0. The van der Waals surface area contributed by atoms with Crippen molar-refractivity contribution in [2.45, 2.75) is 78.6 Å². The molecule has 0 saturated carbocycles. The molecule has 0 atom stereocenters. The molecule has 0 aromatic rings. The summed E-state index contributed by atoms with van der Waals surface area (Å²) in [5, 5.41) is 7.83. The van der Waals surface area contributed by atoms with Gasteiger partial charge in [-0.15, -0.1) is 0 Å². The normalized spacial score (nSPS) is 9.50. The molecule has 0 saturated heterocycles. The summed E-state index contributed by atoms with van der Waals surface area (Å²) < 4.78 is 0. The Balaban J connectivity index is -0.000000277. The lowest BCUT2D eigenvalue weighted by atomic mass is 10.1. The van der Waals surface area contributed by atoms with E-state index in [2.05, 4.69) is 13.8 Å². The SMILES string of the molecule is CC=CC(=O)O.CCCCCCCCCCC.O. The number of carboxylic acids is 1. The summed E-state index contributed by atoms with van der Waals surface area (Å²) in [5.74, 6) is -0.891. The van der Waals surface area contributed by atoms with Crippen molar-refractivity contribution in [3.63, 3.8) is 0 Å². The zero-order valence-electron chi connectivity index (χ0n) is 12.4. The summed E-state index contributed by atoms with van der Waals surface area (Å²) in [7, 11) is 0. The zero-order valence-corrected chi connectivity index (χ0v) is 12.4. The molecule has 0 fully saturated rings. The molecule has 0 aromatic heterocycles. The van der Waals surface area contributed by atoms with Crippen molar-refractivity contribution in [3.05, 3.63) is 12.2 Å². The van der Waals surface area contributed by atoms with Crippen LogP contribution in [-0.2, 0) is 4.79 Å². The fraction of sp³-hybridized carbons (Fsp3) is 0.800. The van der Waals surface area contributed by atoms with Gasteiger partial charge in [0.2, 0.25) is 0 Å². The van der Waals surface area contributed by atoms with Crippen LogP contribution in [0, 0.1) is 0 Å². The van der Waals surface area contributed by atoms with E-state index in [1.165, 1.54) is 63.9 Å². The fourth-order valence-electron chi connectivity index (χ4n) is 1.53. The van der Waals surface area contributed by atoms with Crippen molar-refractivity contribution >= 4 is 5.97 Å². The van der Waals surface area contributed by atoms with Crippen LogP contribution >= 0.6 is 0 Å². The third-order valence-electron chi connectivity index (χ3n) is 2.52. The molecule has 0 aromatic carbocycles. The maximum absolute atomic E-state index is 9.51. The molecule has 0 unspecified atom stereocenters. The van der Waals surface area contributed by atoms with Crippen molar-refractivity contribution < 1.29 is 15.4 Å². The number of aliphatic carboxylic acids is 1. The van der Waals surface area contributed by atoms with Gasteiger partial charge in [0.05, 0.1) is 0 Å². The van der Waals surface area contributed by atoms with Crippen molar-refractivity contribution in [1.29, 1.82) is 0 Å². The highest BCUT2D eigenvalue weighted by atomic mass is 16.4. The highest BCUT2D eigenvalue weighted by Gasteiger charge is 1.89. The van der Waals surface area contributed by atoms with Crippen molar-refractivity contribution in [3.8, 4) is 0 Å². The van der Waals surface area contributed by atoms with Crippen molar-refractivity contribution in [2.24, 2.45) is 0 Å². The molecular weight excluding hydrogens is 228 g/mol. The van der Waals surface area contributed by atoms with E-state index >= 15 is 0 Å². The van der Waals surface area contributed by atoms with Gasteiger partial charge in [-0.25, -0.2) is 4.79 Å². The third kappa shape index (κ3) is 29.4. The van der Waals surface area contributed by atoms with Gasteiger partial charge in [-0.2, -0.15) is 0 Å². The molecule has 0 rings (SSSR count). The Hall–Kier alpha value is -0.830. The van der Waals surface area contributed by atoms with E-state index in [1.54, 1.807) is 6.92 Å². The maximum Gasteiger partial charge on any atom is 0.327 e. The van der Waals surface area contributed by atoms with Gasteiger partial charge in [-0.1, -0.05) is 77.7 Å². The number of carboxylic acid groups (broad SMARTS) is 1. The third-order valence-corrected chi connectivity index (χ3v) is 2.52. The summed E-state index contributed by atoms with van der Waals surface area (Å²) >= 11 is 0. The monoisotopic (exact) mass is 260 g/mol. The summed E-state index contributed by atoms with van der Waals surface area (Å²) in [6, 6.07) is 0. The molecule has 3 nitrogen and oxygen atoms in total. The average Bonchev–Trinajstić information content (AvgIpc) is 2.29. The lowest BCUT2D eigenvalue weighted by Gasteiger charge is -1.98. The van der Waals surface area contributed by atoms with Crippen LogP contribution < -0.4 is 0 Å². The Morgan fingerprint density at radius 2 is 1.22 bits per heavy atom. The Morgan fingerprint density at radius 3 is 1.39 bits per heavy atom. The molecule has 3 heteroatoms. The Morgan fingerprint density at radius 1 is 0.889 bits per heavy atom. The largest absolute Gasteiger partial charge is 0.478 e. The lowest BCUT2D eigenvalue weighted by Crippen LogP contribution is -1.83. The highest BCUT2D eigenvalue weighted by molar-refractivity contribution is 5.79. The van der Waals surface area contributed by atoms with E-state index in [0.717, 1.165) is 6.08 Å². The molecule has 0 aliphatic carbocycles. The van der Waals surface area contributed by atoms with E-state index < -0.39 is 5.97 Å². The molecule has 0 radical (unpaired) electrons. The lowest BCUT2D eigenvalue weighted by molar-refractivity contribution is -0.131. The number of carbonyl (C=O) groups is 1. The molecule has 3 N–H and O–H groups in total. The first-order valence-corrected chi connectivity index (χ1v) is 7.04. The molecular formula is C15H32O3. The zero-order chi connectivity index (χ0) is 13.4. The molecule has 0 bridgehead atoms. The Bertz CT molecular complexity index is 169. The van der Waals surface area contributed by atoms with Crippen LogP contribution in [0.1, 0.15) is 78.6 Å². The van der Waals surface area contributed by atoms with Gasteiger partial charge < -0.3 is 10.6 Å². The smallest absolute Gasteiger partial charge is 0.327 e. The van der Waals surface area contributed by atoms with E-state index in [-0.39, 0.29) is 5.48 Å². The maximum atomic E-state index is 9.51. The predicted molar refractivity (Wildman–Crippen MR) is 79.0 cm³/mol. The second kappa shape index (κ2) is 21.5. The number of hydrogen-bond donors (Lipinski definition) is 1. The highest BCUT2D eigenvalue weighted by Crippen LogP contribution is 2.08. The van der Waals surface area contributed by atoms with E-state index in [0.29, 0.717) is 0 Å². The van der Waals surface area contributed by atoms with Gasteiger partial charge in [-0.05, 0) is 6.92 Å². The van der Waals surface area contributed by atoms with Gasteiger partial charge in [0.25, 0.3) is 0 Å². The van der Waals surface area contributed by atoms with Gasteiger partial charge in [0, 0.05) is 6.08 Å². The summed E-state index contributed by atoms with van der Waals surface area (Å²) in [6.07, 6.45) is 15.5. The first-order chi connectivity index (χ1) is 8.18. The minimum atomic E-state index is -0.891. The molecule has 0 amide bonds. The number of allylic oxidation sites excluding steroid dienone is 1. The standard InChI is InChI=1S/C11H24.C4H6O2.H2O/c1-3-5-7-9-11-10-8-6-4-2;1-2-3-4(5)6;/h3-11H2,1-2H3;2-3H,1H3,(H,5,6);1H2.